The topological polar surface area (TPSA) is 41.6 Å². The summed E-state index contributed by atoms with van der Waals surface area (Å²) >= 11 is 6.61. The van der Waals surface area contributed by atoms with Crippen molar-refractivity contribution in [3.63, 3.8) is 0 Å². The van der Waals surface area contributed by atoms with Gasteiger partial charge < -0.3 is 15.0 Å². The van der Waals surface area contributed by atoms with E-state index in [1.165, 1.54) is 6.92 Å². The lowest BCUT2D eigenvalue weighted by Gasteiger charge is -2.44. The summed E-state index contributed by atoms with van der Waals surface area (Å²) in [6, 6.07) is 15.8. The minimum atomic E-state index is -0.172. The Bertz CT molecular complexity index is 779. The van der Waals surface area contributed by atoms with Gasteiger partial charge in [0.25, 0.3) is 0 Å². The Morgan fingerprint density at radius 1 is 1.17 bits per heavy atom. The first-order chi connectivity index (χ1) is 11.6. The molecule has 5 heteroatoms. The zero-order valence-corrected chi connectivity index (χ0v) is 14.2. The van der Waals surface area contributed by atoms with Crippen molar-refractivity contribution >= 4 is 23.2 Å². The van der Waals surface area contributed by atoms with E-state index in [-0.39, 0.29) is 23.4 Å². The molecule has 0 unspecified atom stereocenters. The zero-order valence-electron chi connectivity index (χ0n) is 13.4. The molecule has 2 aromatic carbocycles. The number of nitrogens with zero attached hydrogens (tertiary/aromatic N) is 1. The number of fused-ring (bicyclic) bond motifs is 5. The molecule has 0 aromatic heterocycles. The lowest BCUT2D eigenvalue weighted by molar-refractivity contribution is -0.119. The average Bonchev–Trinajstić information content (AvgIpc) is 2.71. The van der Waals surface area contributed by atoms with Crippen LogP contribution in [-0.4, -0.2) is 23.9 Å². The van der Waals surface area contributed by atoms with Crippen molar-refractivity contribution in [1.82, 2.24) is 5.32 Å². The third-order valence-corrected chi connectivity index (χ3v) is 5.20. The minimum Gasteiger partial charge on any atom is -0.455 e. The van der Waals surface area contributed by atoms with Crippen molar-refractivity contribution in [1.29, 1.82) is 0 Å². The number of carbonyl (C=O) groups is 1. The SMILES string of the molecule is CC(=O)N[C@H]1[C@H](Cl)CCN2c3ccccc3Oc3ccccc3[C@@H]12. The molecule has 1 amide bonds. The maximum Gasteiger partial charge on any atom is 0.217 e. The Labute approximate surface area is 146 Å². The largest absolute Gasteiger partial charge is 0.455 e. The summed E-state index contributed by atoms with van der Waals surface area (Å²) in [5.74, 6) is 1.59. The van der Waals surface area contributed by atoms with E-state index in [0.29, 0.717) is 0 Å². The number of amides is 1. The lowest BCUT2D eigenvalue weighted by Crippen LogP contribution is -2.55. The third-order valence-electron chi connectivity index (χ3n) is 4.71. The van der Waals surface area contributed by atoms with Crippen LogP contribution in [0.2, 0.25) is 0 Å². The minimum absolute atomic E-state index is 0.0509. The molecule has 24 heavy (non-hydrogen) atoms. The van der Waals surface area contributed by atoms with Crippen LogP contribution in [0.25, 0.3) is 0 Å². The molecule has 2 aliphatic rings. The van der Waals surface area contributed by atoms with Crippen LogP contribution < -0.4 is 15.0 Å². The highest BCUT2D eigenvalue weighted by atomic mass is 35.5. The van der Waals surface area contributed by atoms with Crippen LogP contribution in [0.3, 0.4) is 0 Å². The molecule has 124 valence electrons. The number of benzene rings is 2. The van der Waals surface area contributed by atoms with Gasteiger partial charge in [0.05, 0.1) is 23.1 Å². The van der Waals surface area contributed by atoms with E-state index < -0.39 is 0 Å². The van der Waals surface area contributed by atoms with Gasteiger partial charge >= 0.3 is 0 Å². The summed E-state index contributed by atoms with van der Waals surface area (Å²) in [7, 11) is 0. The first-order valence-electron chi connectivity index (χ1n) is 8.19. The Hall–Kier alpha value is -2.20. The molecule has 0 spiro atoms. The van der Waals surface area contributed by atoms with E-state index in [1.54, 1.807) is 0 Å². The van der Waals surface area contributed by atoms with Gasteiger partial charge in [-0.3, -0.25) is 4.79 Å². The highest BCUT2D eigenvalue weighted by molar-refractivity contribution is 6.21. The first-order valence-corrected chi connectivity index (χ1v) is 8.62. The number of hydrogen-bond donors (Lipinski definition) is 1. The van der Waals surface area contributed by atoms with Gasteiger partial charge in [-0.05, 0) is 24.6 Å². The van der Waals surface area contributed by atoms with E-state index in [0.717, 1.165) is 35.7 Å². The summed E-state index contributed by atoms with van der Waals surface area (Å²) in [6.07, 6.45) is 0.805. The highest BCUT2D eigenvalue weighted by Gasteiger charge is 2.42. The Balaban J connectivity index is 1.89. The number of hydrogen-bond acceptors (Lipinski definition) is 3. The molecule has 0 aliphatic carbocycles. The van der Waals surface area contributed by atoms with Gasteiger partial charge in [0.15, 0.2) is 5.75 Å². The van der Waals surface area contributed by atoms with Gasteiger partial charge in [0.1, 0.15) is 5.75 Å². The number of alkyl halides is 1. The predicted octanol–water partition coefficient (Wildman–Crippen LogP) is 3.86. The molecule has 0 bridgehead atoms. The van der Waals surface area contributed by atoms with E-state index in [1.807, 2.05) is 36.4 Å². The maximum atomic E-state index is 11.8. The predicted molar refractivity (Wildman–Crippen MR) is 94.9 cm³/mol. The van der Waals surface area contributed by atoms with Gasteiger partial charge in [0.2, 0.25) is 5.91 Å². The average molecular weight is 343 g/mol. The molecular formula is C19H19ClN2O2. The summed E-state index contributed by atoms with van der Waals surface area (Å²) in [5.41, 5.74) is 2.09. The molecule has 0 saturated carbocycles. The summed E-state index contributed by atoms with van der Waals surface area (Å²) in [6.45, 7) is 2.36. The lowest BCUT2D eigenvalue weighted by atomic mass is 9.89. The van der Waals surface area contributed by atoms with E-state index in [9.17, 15) is 4.79 Å². The molecule has 1 fully saturated rings. The van der Waals surface area contributed by atoms with Crippen LogP contribution in [0, 0.1) is 0 Å². The molecule has 2 aromatic rings. The van der Waals surface area contributed by atoms with E-state index in [4.69, 9.17) is 16.3 Å². The fourth-order valence-corrected chi connectivity index (χ4v) is 4.02. The Morgan fingerprint density at radius 2 is 1.88 bits per heavy atom. The van der Waals surface area contributed by atoms with Gasteiger partial charge in [-0.2, -0.15) is 0 Å². The summed E-state index contributed by atoms with van der Waals surface area (Å²) in [5, 5.41) is 2.94. The van der Waals surface area contributed by atoms with Gasteiger partial charge in [-0.25, -0.2) is 0 Å². The van der Waals surface area contributed by atoms with Gasteiger partial charge in [-0.15, -0.1) is 11.6 Å². The van der Waals surface area contributed by atoms with Crippen molar-refractivity contribution in [3.8, 4) is 11.5 Å². The highest BCUT2D eigenvalue weighted by Crippen LogP contribution is 2.47. The second-order valence-electron chi connectivity index (χ2n) is 6.28. The number of ether oxygens (including phenoxy) is 1. The fourth-order valence-electron chi connectivity index (χ4n) is 3.73. The smallest absolute Gasteiger partial charge is 0.217 e. The standard InChI is InChI=1S/C19H19ClN2O2/c1-12(23)21-18-14(20)10-11-22-15-7-3-5-9-17(15)24-16-8-4-2-6-13(16)19(18)22/h2-9,14,18-19H,10-11H2,1H3,(H,21,23)/t14-,18+,19+/m1/s1. The number of nitrogens with one attached hydrogen (secondary N) is 1. The molecule has 4 nitrogen and oxygen atoms in total. The van der Waals surface area contributed by atoms with Crippen molar-refractivity contribution in [2.75, 3.05) is 11.4 Å². The first kappa shape index (κ1) is 15.3. The zero-order chi connectivity index (χ0) is 16.7. The quantitative estimate of drug-likeness (QED) is 0.800. The number of carbonyl (C=O) groups excluding carboxylic acids is 1. The number of halogens is 1. The maximum absolute atomic E-state index is 11.8. The van der Waals surface area contributed by atoms with Gasteiger partial charge in [0, 0.05) is 19.0 Å². The summed E-state index contributed by atoms with van der Waals surface area (Å²) < 4.78 is 6.19. The number of piperidine rings is 1. The molecular weight excluding hydrogens is 324 g/mol. The van der Waals surface area contributed by atoms with Crippen LogP contribution in [0.15, 0.2) is 48.5 Å². The van der Waals surface area contributed by atoms with E-state index in [2.05, 4.69) is 22.3 Å². The Morgan fingerprint density at radius 3 is 2.67 bits per heavy atom. The van der Waals surface area contributed by atoms with Crippen molar-refractivity contribution in [2.45, 2.75) is 30.8 Å². The number of anilines is 1. The van der Waals surface area contributed by atoms with Crippen LogP contribution in [0.1, 0.15) is 24.9 Å². The van der Waals surface area contributed by atoms with Crippen molar-refractivity contribution in [2.24, 2.45) is 0 Å². The van der Waals surface area contributed by atoms with E-state index >= 15 is 0 Å². The third kappa shape index (κ3) is 2.51. The molecule has 1 N–H and O–H groups in total. The number of para-hydroxylation sites is 3. The van der Waals surface area contributed by atoms with Crippen LogP contribution in [-0.2, 0) is 4.79 Å². The van der Waals surface area contributed by atoms with Crippen LogP contribution in [0.4, 0.5) is 5.69 Å². The molecule has 2 aliphatic heterocycles. The monoisotopic (exact) mass is 342 g/mol. The van der Waals surface area contributed by atoms with Crippen molar-refractivity contribution in [3.05, 3.63) is 54.1 Å². The second kappa shape index (κ2) is 6.02. The molecule has 1 saturated heterocycles. The molecule has 0 radical (unpaired) electrons. The molecule has 3 atom stereocenters. The fraction of sp³-hybridized carbons (Fsp3) is 0.316. The normalized spacial score (nSPS) is 24.8. The van der Waals surface area contributed by atoms with Crippen LogP contribution in [0.5, 0.6) is 11.5 Å². The van der Waals surface area contributed by atoms with Crippen molar-refractivity contribution < 1.29 is 9.53 Å². The second-order valence-corrected chi connectivity index (χ2v) is 6.84. The van der Waals surface area contributed by atoms with Crippen LogP contribution >= 0.6 is 11.6 Å². The molecule has 4 rings (SSSR count). The van der Waals surface area contributed by atoms with Gasteiger partial charge in [-0.1, -0.05) is 30.3 Å². The Kier molecular flexibility index (Phi) is 3.85. The summed E-state index contributed by atoms with van der Waals surface area (Å²) in [4.78, 5) is 14.1. The number of rotatable bonds is 1. The molecule has 2 heterocycles.